The van der Waals surface area contributed by atoms with Gasteiger partial charge in [0.15, 0.2) is 0 Å². The van der Waals surface area contributed by atoms with Gasteiger partial charge in [0, 0.05) is 5.92 Å². The molecule has 8 heteroatoms. The predicted molar refractivity (Wildman–Crippen MR) is 153 cm³/mol. The van der Waals surface area contributed by atoms with Crippen LogP contribution in [0.5, 0.6) is 11.5 Å². The Balaban J connectivity index is 1.33. The topological polar surface area (TPSA) is 108 Å². The molecule has 8 nitrogen and oxygen atoms in total. The molecule has 1 aliphatic carbocycles. The minimum atomic E-state index is -0.604. The lowest BCUT2D eigenvalue weighted by atomic mass is 9.98. The molecule has 1 aliphatic rings. The van der Waals surface area contributed by atoms with Crippen LogP contribution in [0.1, 0.15) is 63.1 Å². The molecule has 0 heterocycles. The van der Waals surface area contributed by atoms with Crippen LogP contribution in [-0.2, 0) is 14.3 Å². The Kier molecular flexibility index (Phi) is 9.37. The van der Waals surface area contributed by atoms with Crippen LogP contribution < -0.4 is 9.47 Å². The quantitative estimate of drug-likeness (QED) is 0.0966. The van der Waals surface area contributed by atoms with Crippen LogP contribution in [0.25, 0.3) is 11.1 Å². The lowest BCUT2D eigenvalue weighted by molar-refractivity contribution is -0.139. The lowest BCUT2D eigenvalue weighted by Gasteiger charge is -2.12. The average molecular weight is 557 g/mol. The Morgan fingerprint density at radius 1 is 0.902 bits per heavy atom. The maximum absolute atomic E-state index is 12.9. The molecule has 212 valence electrons. The van der Waals surface area contributed by atoms with Crippen LogP contribution in [0.3, 0.4) is 0 Å². The first-order valence-corrected chi connectivity index (χ1v) is 13.2. The number of unbranched alkanes of at least 4 members (excludes halogenated alkanes) is 1. The second-order valence-corrected chi connectivity index (χ2v) is 9.67. The fraction of sp³-hybridized carbons (Fsp3) is 0.242. The van der Waals surface area contributed by atoms with E-state index in [1.807, 2.05) is 38.1 Å². The molecule has 0 amide bonds. The van der Waals surface area contributed by atoms with Gasteiger partial charge in [-0.25, -0.2) is 14.4 Å². The van der Waals surface area contributed by atoms with Gasteiger partial charge in [-0.2, -0.15) is 0 Å². The first-order chi connectivity index (χ1) is 19.7. The van der Waals surface area contributed by atoms with Crippen LogP contribution >= 0.6 is 0 Å². The Bertz CT molecular complexity index is 1500. The summed E-state index contributed by atoms with van der Waals surface area (Å²) in [6, 6.07) is 16.1. The molecule has 3 aromatic rings. The molecular weight excluding hydrogens is 524 g/mol. The van der Waals surface area contributed by atoms with Gasteiger partial charge in [-0.3, -0.25) is 0 Å². The summed E-state index contributed by atoms with van der Waals surface area (Å²) in [7, 11) is 0. The average Bonchev–Trinajstić information content (AvgIpc) is 3.25. The van der Waals surface area contributed by atoms with E-state index in [4.69, 9.17) is 24.1 Å². The van der Waals surface area contributed by atoms with Gasteiger partial charge in [0.25, 0.3) is 0 Å². The van der Waals surface area contributed by atoms with Gasteiger partial charge >= 0.3 is 17.9 Å². The van der Waals surface area contributed by atoms with Crippen molar-refractivity contribution in [2.75, 3.05) is 19.8 Å². The number of fused-ring (bicyclic) bond motifs is 3. The van der Waals surface area contributed by atoms with Crippen molar-refractivity contribution in [3.63, 3.8) is 0 Å². The largest absolute Gasteiger partial charge is 0.493 e. The van der Waals surface area contributed by atoms with Crippen LogP contribution in [0, 0.1) is 6.92 Å². The zero-order valence-electron chi connectivity index (χ0n) is 23.1. The summed E-state index contributed by atoms with van der Waals surface area (Å²) < 4.78 is 21.4. The third-order valence-electron chi connectivity index (χ3n) is 6.85. The molecule has 41 heavy (non-hydrogen) atoms. The van der Waals surface area contributed by atoms with E-state index < -0.39 is 24.5 Å². The number of carbonyl (C=O) groups excluding carboxylic acids is 3. The van der Waals surface area contributed by atoms with Gasteiger partial charge in [0.1, 0.15) is 11.5 Å². The summed E-state index contributed by atoms with van der Waals surface area (Å²) in [6.07, 6.45) is 2.37. The normalized spacial score (nSPS) is 13.0. The smallest absolute Gasteiger partial charge is 0.343 e. The third kappa shape index (κ3) is 6.73. The molecule has 1 unspecified atom stereocenters. The number of rotatable bonds is 12. The highest BCUT2D eigenvalue weighted by atomic mass is 16.5. The first kappa shape index (κ1) is 29.3. The number of esters is 3. The summed E-state index contributed by atoms with van der Waals surface area (Å²) in [5, 5.41) is 8.87. The second kappa shape index (κ2) is 13.1. The number of benzene rings is 3. The van der Waals surface area contributed by atoms with E-state index in [1.54, 1.807) is 30.3 Å². The zero-order chi connectivity index (χ0) is 29.5. The van der Waals surface area contributed by atoms with E-state index >= 15 is 0 Å². The molecule has 0 saturated heterocycles. The fourth-order valence-electron chi connectivity index (χ4n) is 4.63. The lowest BCUT2D eigenvalue weighted by Crippen LogP contribution is -2.11. The Morgan fingerprint density at radius 3 is 2.27 bits per heavy atom. The van der Waals surface area contributed by atoms with Gasteiger partial charge in [0.2, 0.25) is 0 Å². The molecule has 3 aromatic carbocycles. The second-order valence-electron chi connectivity index (χ2n) is 9.67. The maximum Gasteiger partial charge on any atom is 0.343 e. The van der Waals surface area contributed by atoms with Crippen molar-refractivity contribution in [2.24, 2.45) is 0 Å². The number of ether oxygens (including phenoxy) is 4. The van der Waals surface area contributed by atoms with Crippen molar-refractivity contribution < 1.29 is 38.4 Å². The van der Waals surface area contributed by atoms with Crippen molar-refractivity contribution >= 4 is 17.9 Å². The SMILES string of the molecule is C=COC(=O)c1ccc2c(c1)C(C)c1cc(OC(=O)c3ccc(OCCCCOC(=O)C(=C)CO)c(C)c3)ccc1-2. The summed E-state index contributed by atoms with van der Waals surface area (Å²) in [5.74, 6) is -0.470. The molecule has 1 N–H and O–H groups in total. The number of hydrogen-bond acceptors (Lipinski definition) is 8. The van der Waals surface area contributed by atoms with Crippen LogP contribution in [-0.4, -0.2) is 42.8 Å². The molecule has 0 fully saturated rings. The molecule has 1 atom stereocenters. The van der Waals surface area contributed by atoms with Crippen LogP contribution in [0.4, 0.5) is 0 Å². The number of aryl methyl sites for hydroxylation is 1. The number of hydrogen-bond donors (Lipinski definition) is 1. The van der Waals surface area contributed by atoms with Crippen molar-refractivity contribution in [2.45, 2.75) is 32.6 Å². The highest BCUT2D eigenvalue weighted by Crippen LogP contribution is 2.46. The van der Waals surface area contributed by atoms with Crippen LogP contribution in [0.2, 0.25) is 0 Å². The Hall–Kier alpha value is -4.69. The molecule has 0 spiro atoms. The molecule has 0 saturated carbocycles. The van der Waals surface area contributed by atoms with Crippen LogP contribution in [0.15, 0.2) is 79.6 Å². The van der Waals surface area contributed by atoms with Crippen molar-refractivity contribution in [3.05, 3.63) is 107 Å². The Labute approximate surface area is 238 Å². The van der Waals surface area contributed by atoms with Crippen molar-refractivity contribution in [3.8, 4) is 22.6 Å². The standard InChI is InChI=1S/C33H32O8/c1-5-38-32(36)24-8-11-26-27-12-10-25(18-29(27)22(4)28(26)17-24)41-33(37)23-9-13-30(20(2)16-23)39-14-6-7-15-40-31(35)21(3)19-34/h5,8-13,16-18,22,34H,1,3,6-7,14-15,19H2,2,4H3. The summed E-state index contributed by atoms with van der Waals surface area (Å²) in [5.41, 5.74) is 5.72. The van der Waals surface area contributed by atoms with E-state index in [0.29, 0.717) is 42.1 Å². The molecule has 0 aliphatic heterocycles. The van der Waals surface area contributed by atoms with E-state index in [0.717, 1.165) is 34.1 Å². The van der Waals surface area contributed by atoms with E-state index in [1.165, 1.54) is 0 Å². The van der Waals surface area contributed by atoms with Gasteiger partial charge < -0.3 is 24.1 Å². The molecule has 0 radical (unpaired) electrons. The number of aliphatic hydroxyl groups is 1. The van der Waals surface area contributed by atoms with E-state index in [2.05, 4.69) is 13.2 Å². The van der Waals surface area contributed by atoms with E-state index in [9.17, 15) is 14.4 Å². The van der Waals surface area contributed by atoms with Gasteiger partial charge in [-0.05, 0) is 90.0 Å². The third-order valence-corrected chi connectivity index (χ3v) is 6.85. The van der Waals surface area contributed by atoms with Crippen molar-refractivity contribution in [1.29, 1.82) is 0 Å². The molecule has 0 bridgehead atoms. The van der Waals surface area contributed by atoms with Gasteiger partial charge in [0.05, 0.1) is 42.8 Å². The number of carbonyl (C=O) groups is 3. The summed E-state index contributed by atoms with van der Waals surface area (Å²) >= 11 is 0. The molecule has 0 aromatic heterocycles. The minimum Gasteiger partial charge on any atom is -0.493 e. The zero-order valence-corrected chi connectivity index (χ0v) is 23.1. The van der Waals surface area contributed by atoms with Gasteiger partial charge in [-0.1, -0.05) is 32.2 Å². The monoisotopic (exact) mass is 556 g/mol. The fourth-order valence-corrected chi connectivity index (χ4v) is 4.63. The maximum atomic E-state index is 12.9. The van der Waals surface area contributed by atoms with Gasteiger partial charge in [-0.15, -0.1) is 0 Å². The molecular formula is C33H32O8. The first-order valence-electron chi connectivity index (χ1n) is 13.2. The summed E-state index contributed by atoms with van der Waals surface area (Å²) in [4.78, 5) is 36.5. The highest BCUT2D eigenvalue weighted by molar-refractivity contribution is 5.93. The van der Waals surface area contributed by atoms with E-state index in [-0.39, 0.29) is 18.1 Å². The summed E-state index contributed by atoms with van der Waals surface area (Å²) in [6.45, 7) is 10.9. The Morgan fingerprint density at radius 2 is 1.56 bits per heavy atom. The molecule has 4 rings (SSSR count). The minimum absolute atomic E-state index is 0.000796. The predicted octanol–water partition coefficient (Wildman–Crippen LogP) is 5.90. The number of aliphatic hydroxyl groups excluding tert-OH is 1. The van der Waals surface area contributed by atoms with Crippen molar-refractivity contribution in [1.82, 2.24) is 0 Å². The highest BCUT2D eigenvalue weighted by Gasteiger charge is 2.27.